The van der Waals surface area contributed by atoms with Gasteiger partial charge in [0.15, 0.2) is 0 Å². The summed E-state index contributed by atoms with van der Waals surface area (Å²) in [6, 6.07) is 5.96. The molecule has 1 N–H and O–H groups in total. The van der Waals surface area contributed by atoms with Gasteiger partial charge in [0.2, 0.25) is 0 Å². The zero-order valence-electron chi connectivity index (χ0n) is 11.1. The molecule has 0 amide bonds. The molecule has 1 fully saturated rings. The lowest BCUT2D eigenvalue weighted by molar-refractivity contribution is 0.285. The molecule has 1 aromatic rings. The third-order valence-corrected chi connectivity index (χ3v) is 4.19. The molecule has 0 spiro atoms. The highest BCUT2D eigenvalue weighted by molar-refractivity contribution is 6.30. The molecule has 0 radical (unpaired) electrons. The van der Waals surface area contributed by atoms with Crippen LogP contribution >= 0.6 is 11.6 Å². The average molecular weight is 270 g/mol. The van der Waals surface area contributed by atoms with Crippen molar-refractivity contribution in [2.24, 2.45) is 5.41 Å². The highest BCUT2D eigenvalue weighted by Crippen LogP contribution is 2.30. The van der Waals surface area contributed by atoms with E-state index >= 15 is 0 Å². The second-order valence-electron chi connectivity index (χ2n) is 5.71. The Labute approximate surface area is 114 Å². The minimum absolute atomic E-state index is 0.0914. The van der Waals surface area contributed by atoms with Crippen molar-refractivity contribution >= 4 is 11.6 Å². The number of rotatable bonds is 6. The Morgan fingerprint density at radius 3 is 2.78 bits per heavy atom. The monoisotopic (exact) mass is 269 g/mol. The molecular weight excluding hydrogens is 249 g/mol. The normalized spacial score (nSPS) is 18.7. The molecular formula is C15H21ClFN. The van der Waals surface area contributed by atoms with Gasteiger partial charge in [-0.2, -0.15) is 0 Å². The number of nitrogens with one attached hydrogen (secondary N) is 1. The van der Waals surface area contributed by atoms with E-state index in [0.717, 1.165) is 24.9 Å². The van der Waals surface area contributed by atoms with Gasteiger partial charge in [-0.25, -0.2) is 4.39 Å². The van der Waals surface area contributed by atoms with Crippen molar-refractivity contribution in [3.05, 3.63) is 34.6 Å². The van der Waals surface area contributed by atoms with Crippen molar-refractivity contribution in [3.8, 4) is 0 Å². The smallest absolute Gasteiger partial charge is 0.144 e. The zero-order chi connectivity index (χ0) is 13.2. The molecule has 1 aromatic carbocycles. The summed E-state index contributed by atoms with van der Waals surface area (Å²) in [4.78, 5) is 0. The highest BCUT2D eigenvalue weighted by Gasteiger charge is 2.28. The second-order valence-corrected chi connectivity index (χ2v) is 6.12. The lowest BCUT2D eigenvalue weighted by Gasteiger charge is -2.29. The number of halogens is 2. The van der Waals surface area contributed by atoms with E-state index in [9.17, 15) is 4.39 Å². The molecule has 0 saturated heterocycles. The first kappa shape index (κ1) is 13.8. The van der Waals surface area contributed by atoms with E-state index in [1.807, 2.05) is 12.1 Å². The Morgan fingerprint density at radius 1 is 1.44 bits per heavy atom. The Hall–Kier alpha value is -0.600. The van der Waals surface area contributed by atoms with Crippen molar-refractivity contribution in [3.63, 3.8) is 0 Å². The summed E-state index contributed by atoms with van der Waals surface area (Å²) in [5, 5.41) is 3.77. The molecule has 100 valence electrons. The summed E-state index contributed by atoms with van der Waals surface area (Å²) >= 11 is 5.83. The van der Waals surface area contributed by atoms with Crippen LogP contribution in [0.25, 0.3) is 0 Å². The van der Waals surface area contributed by atoms with Gasteiger partial charge in [0, 0.05) is 12.6 Å². The highest BCUT2D eigenvalue weighted by atomic mass is 35.5. The molecule has 0 bridgehead atoms. The molecule has 1 saturated carbocycles. The van der Waals surface area contributed by atoms with Crippen LogP contribution in [0.5, 0.6) is 0 Å². The lowest BCUT2D eigenvalue weighted by atomic mass is 9.81. The number of hydrogen-bond donors (Lipinski definition) is 1. The fraction of sp³-hybridized carbons (Fsp3) is 0.600. The van der Waals surface area contributed by atoms with Gasteiger partial charge in [-0.3, -0.25) is 0 Å². The summed E-state index contributed by atoms with van der Waals surface area (Å²) in [7, 11) is 0. The first-order valence-corrected chi connectivity index (χ1v) is 7.08. The van der Waals surface area contributed by atoms with E-state index in [1.54, 1.807) is 6.07 Å². The van der Waals surface area contributed by atoms with E-state index in [2.05, 4.69) is 19.2 Å². The molecule has 1 aliphatic carbocycles. The van der Waals surface area contributed by atoms with E-state index in [-0.39, 0.29) is 16.3 Å². The largest absolute Gasteiger partial charge is 0.313 e. The van der Waals surface area contributed by atoms with Crippen molar-refractivity contribution < 1.29 is 4.39 Å². The van der Waals surface area contributed by atoms with Crippen LogP contribution < -0.4 is 5.32 Å². The van der Waals surface area contributed by atoms with E-state index in [4.69, 9.17) is 11.6 Å². The van der Waals surface area contributed by atoms with Gasteiger partial charge in [-0.15, -0.1) is 0 Å². The lowest BCUT2D eigenvalue weighted by Crippen LogP contribution is -2.34. The Kier molecular flexibility index (Phi) is 4.29. The second kappa shape index (κ2) is 5.58. The summed E-state index contributed by atoms with van der Waals surface area (Å²) < 4.78 is 13.9. The molecule has 1 atom stereocenters. The third-order valence-electron chi connectivity index (χ3n) is 3.90. The molecule has 2 rings (SSSR count). The first-order chi connectivity index (χ1) is 8.54. The quantitative estimate of drug-likeness (QED) is 0.817. The van der Waals surface area contributed by atoms with Crippen molar-refractivity contribution in [1.29, 1.82) is 0 Å². The maximum atomic E-state index is 13.9. The van der Waals surface area contributed by atoms with Crippen LogP contribution in [0.3, 0.4) is 0 Å². The Bertz CT molecular complexity index is 417. The number of benzene rings is 1. The predicted molar refractivity (Wildman–Crippen MR) is 74.5 cm³/mol. The summed E-state index contributed by atoms with van der Waals surface area (Å²) in [6.45, 7) is 5.32. The van der Waals surface area contributed by atoms with Gasteiger partial charge in [0.05, 0.1) is 5.02 Å². The fourth-order valence-electron chi connectivity index (χ4n) is 2.14. The van der Waals surface area contributed by atoms with Gasteiger partial charge >= 0.3 is 0 Å². The molecule has 1 aliphatic rings. The minimum atomic E-state index is -0.259. The molecule has 0 aromatic heterocycles. The van der Waals surface area contributed by atoms with Crippen LogP contribution in [0.4, 0.5) is 4.39 Å². The average Bonchev–Trinajstić information content (AvgIpc) is 3.17. The zero-order valence-corrected chi connectivity index (χ0v) is 11.9. The van der Waals surface area contributed by atoms with Gasteiger partial charge < -0.3 is 5.32 Å². The molecule has 0 aliphatic heterocycles. The molecule has 1 unspecified atom stereocenters. The fourth-order valence-corrected chi connectivity index (χ4v) is 2.33. The van der Waals surface area contributed by atoms with E-state index in [0.29, 0.717) is 6.04 Å². The summed E-state index contributed by atoms with van der Waals surface area (Å²) in [5.74, 6) is -0.259. The maximum absolute atomic E-state index is 13.9. The van der Waals surface area contributed by atoms with E-state index in [1.165, 1.54) is 12.8 Å². The Morgan fingerprint density at radius 2 is 2.17 bits per heavy atom. The topological polar surface area (TPSA) is 12.0 Å². The molecule has 1 nitrogen and oxygen atoms in total. The maximum Gasteiger partial charge on any atom is 0.144 e. The van der Waals surface area contributed by atoms with Crippen LogP contribution in [-0.4, -0.2) is 12.6 Å². The predicted octanol–water partition coefficient (Wildman–Crippen LogP) is 4.19. The molecule has 18 heavy (non-hydrogen) atoms. The van der Waals surface area contributed by atoms with Crippen molar-refractivity contribution in [2.75, 3.05) is 6.54 Å². The first-order valence-electron chi connectivity index (χ1n) is 6.70. The van der Waals surface area contributed by atoms with Crippen LogP contribution in [0, 0.1) is 11.2 Å². The van der Waals surface area contributed by atoms with Crippen LogP contribution in [0.1, 0.15) is 38.7 Å². The van der Waals surface area contributed by atoms with Gasteiger partial charge in [-0.1, -0.05) is 37.6 Å². The molecule has 3 heteroatoms. The van der Waals surface area contributed by atoms with Crippen LogP contribution in [-0.2, 0) is 6.42 Å². The summed E-state index contributed by atoms with van der Waals surface area (Å²) in [6.07, 6.45) is 4.32. The molecule has 0 heterocycles. The minimum Gasteiger partial charge on any atom is -0.313 e. The SMILES string of the molecule is CCC(C)(CNC1CC1)Cc1cccc(Cl)c1F. The van der Waals surface area contributed by atoms with Crippen LogP contribution in [0.15, 0.2) is 18.2 Å². The van der Waals surface area contributed by atoms with Gasteiger partial charge in [-0.05, 0) is 42.7 Å². The summed E-state index contributed by atoms with van der Waals surface area (Å²) in [5.41, 5.74) is 0.818. The van der Waals surface area contributed by atoms with Crippen LogP contribution in [0.2, 0.25) is 5.02 Å². The number of hydrogen-bond acceptors (Lipinski definition) is 1. The van der Waals surface area contributed by atoms with E-state index < -0.39 is 0 Å². The third kappa shape index (κ3) is 3.46. The van der Waals surface area contributed by atoms with Crippen molar-refractivity contribution in [2.45, 2.75) is 45.6 Å². The Balaban J connectivity index is 2.05. The van der Waals surface area contributed by atoms with Gasteiger partial charge in [0.25, 0.3) is 0 Å². The van der Waals surface area contributed by atoms with Gasteiger partial charge in [0.1, 0.15) is 5.82 Å². The standard InChI is InChI=1S/C15H21ClFN/c1-3-15(2,10-18-12-7-8-12)9-11-5-4-6-13(16)14(11)17/h4-6,12,18H,3,7-10H2,1-2H3. The van der Waals surface area contributed by atoms with Crippen molar-refractivity contribution in [1.82, 2.24) is 5.32 Å².